The van der Waals surface area contributed by atoms with E-state index in [2.05, 4.69) is 0 Å². The number of halogens is 1. The number of benzene rings is 3. The van der Waals surface area contributed by atoms with Crippen molar-refractivity contribution >= 4 is 29.1 Å². The van der Waals surface area contributed by atoms with E-state index in [1.165, 1.54) is 11.0 Å². The number of hydrogen-bond donors (Lipinski definition) is 2. The SMILES string of the molecule is CCOc1cc(C2/C(=C(/O)c3ccc(Cl)c(OCC)c3)C(=O)C(=O)N2Cc2cc(C)ccc2C)ccc1O. The van der Waals surface area contributed by atoms with E-state index in [1.807, 2.05) is 39.0 Å². The van der Waals surface area contributed by atoms with Crippen LogP contribution in [0.4, 0.5) is 0 Å². The molecule has 0 aliphatic carbocycles. The summed E-state index contributed by atoms with van der Waals surface area (Å²) < 4.78 is 11.1. The second-order valence-electron chi connectivity index (χ2n) is 9.10. The number of aryl methyl sites for hydroxylation is 2. The first-order chi connectivity index (χ1) is 18.2. The lowest BCUT2D eigenvalue weighted by Crippen LogP contribution is -2.29. The third kappa shape index (κ3) is 5.20. The van der Waals surface area contributed by atoms with Gasteiger partial charge in [-0.25, -0.2) is 0 Å². The van der Waals surface area contributed by atoms with E-state index in [9.17, 15) is 19.8 Å². The lowest BCUT2D eigenvalue weighted by atomic mass is 9.94. The van der Waals surface area contributed by atoms with Crippen LogP contribution in [0.25, 0.3) is 5.76 Å². The van der Waals surface area contributed by atoms with Crippen LogP contribution in [0, 0.1) is 13.8 Å². The third-order valence-corrected chi connectivity index (χ3v) is 6.80. The molecule has 1 saturated heterocycles. The number of hydrogen-bond acceptors (Lipinski definition) is 6. The van der Waals surface area contributed by atoms with E-state index in [0.717, 1.165) is 16.7 Å². The largest absolute Gasteiger partial charge is 0.507 e. The van der Waals surface area contributed by atoms with Crippen LogP contribution in [-0.4, -0.2) is 40.0 Å². The van der Waals surface area contributed by atoms with Gasteiger partial charge in [0, 0.05) is 12.1 Å². The van der Waals surface area contributed by atoms with Crippen LogP contribution >= 0.6 is 11.6 Å². The maximum absolute atomic E-state index is 13.5. The predicted molar refractivity (Wildman–Crippen MR) is 146 cm³/mol. The summed E-state index contributed by atoms with van der Waals surface area (Å²) >= 11 is 6.23. The minimum Gasteiger partial charge on any atom is -0.507 e. The Hall–Kier alpha value is -3.97. The summed E-state index contributed by atoms with van der Waals surface area (Å²) in [7, 11) is 0. The Morgan fingerprint density at radius 1 is 0.947 bits per heavy atom. The number of phenolic OH excluding ortho intramolecular Hbond substituents is 1. The van der Waals surface area contributed by atoms with Crippen molar-refractivity contribution in [3.63, 3.8) is 0 Å². The van der Waals surface area contributed by atoms with Crippen LogP contribution in [0.15, 0.2) is 60.2 Å². The number of nitrogens with zero attached hydrogens (tertiary/aromatic N) is 1. The molecule has 0 aromatic heterocycles. The second-order valence-corrected chi connectivity index (χ2v) is 9.50. The van der Waals surface area contributed by atoms with Crippen LogP contribution in [0.1, 0.15) is 47.7 Å². The Balaban J connectivity index is 1.91. The average Bonchev–Trinajstić information content (AvgIpc) is 3.13. The number of aromatic hydroxyl groups is 1. The van der Waals surface area contributed by atoms with E-state index in [1.54, 1.807) is 37.3 Å². The van der Waals surface area contributed by atoms with Gasteiger partial charge in [0.25, 0.3) is 11.7 Å². The zero-order valence-electron chi connectivity index (χ0n) is 21.7. The highest BCUT2D eigenvalue weighted by atomic mass is 35.5. The monoisotopic (exact) mass is 535 g/mol. The van der Waals surface area contributed by atoms with Crippen LogP contribution in [0.2, 0.25) is 5.02 Å². The number of aliphatic hydroxyl groups is 1. The molecule has 8 heteroatoms. The molecule has 1 aliphatic rings. The quantitative estimate of drug-likeness (QED) is 0.206. The summed E-state index contributed by atoms with van der Waals surface area (Å²) in [6, 6.07) is 14.3. The van der Waals surface area contributed by atoms with E-state index in [-0.39, 0.29) is 34.9 Å². The van der Waals surface area contributed by atoms with Crippen LogP contribution in [0.5, 0.6) is 17.2 Å². The van der Waals surface area contributed by atoms with Crippen LogP contribution < -0.4 is 9.47 Å². The van der Waals surface area contributed by atoms with Crippen molar-refractivity contribution in [1.29, 1.82) is 0 Å². The highest BCUT2D eigenvalue weighted by molar-refractivity contribution is 6.46. The number of aliphatic hydroxyl groups excluding tert-OH is 1. The number of rotatable bonds is 8. The number of likely N-dealkylation sites (tertiary alicyclic amines) is 1. The van der Waals surface area contributed by atoms with Gasteiger partial charge >= 0.3 is 0 Å². The summed E-state index contributed by atoms with van der Waals surface area (Å²) in [5.74, 6) is -1.39. The van der Waals surface area contributed by atoms with Crippen molar-refractivity contribution < 1.29 is 29.3 Å². The number of amides is 1. The summed E-state index contributed by atoms with van der Waals surface area (Å²) in [5, 5.41) is 22.1. The Kier molecular flexibility index (Phi) is 7.97. The molecular weight excluding hydrogens is 506 g/mol. The van der Waals surface area contributed by atoms with E-state index in [4.69, 9.17) is 21.1 Å². The summed E-state index contributed by atoms with van der Waals surface area (Å²) in [5.41, 5.74) is 3.60. The summed E-state index contributed by atoms with van der Waals surface area (Å²) in [6.07, 6.45) is 0. The number of carbonyl (C=O) groups excluding carboxylic acids is 2. The fraction of sp³-hybridized carbons (Fsp3) is 0.267. The minimum atomic E-state index is -0.930. The van der Waals surface area contributed by atoms with Gasteiger partial charge in [0.15, 0.2) is 11.5 Å². The maximum Gasteiger partial charge on any atom is 0.295 e. The molecule has 0 bridgehead atoms. The Bertz CT molecular complexity index is 1430. The highest BCUT2D eigenvalue weighted by Gasteiger charge is 2.46. The third-order valence-electron chi connectivity index (χ3n) is 6.49. The number of ketones is 1. The van der Waals surface area contributed by atoms with E-state index < -0.39 is 17.7 Å². The summed E-state index contributed by atoms with van der Waals surface area (Å²) in [6.45, 7) is 8.31. The molecule has 2 N–H and O–H groups in total. The fourth-order valence-corrected chi connectivity index (χ4v) is 4.76. The van der Waals surface area contributed by atoms with Gasteiger partial charge in [0.1, 0.15) is 11.5 Å². The van der Waals surface area contributed by atoms with Crippen molar-refractivity contribution in [2.24, 2.45) is 0 Å². The molecule has 1 unspecified atom stereocenters. The van der Waals surface area contributed by atoms with Gasteiger partial charge < -0.3 is 24.6 Å². The first-order valence-corrected chi connectivity index (χ1v) is 12.8. The normalized spacial score (nSPS) is 16.7. The molecule has 1 aliphatic heterocycles. The Morgan fingerprint density at radius 2 is 1.66 bits per heavy atom. The van der Waals surface area contributed by atoms with Crippen molar-refractivity contribution in [3.05, 3.63) is 93.0 Å². The van der Waals surface area contributed by atoms with Gasteiger partial charge in [-0.05, 0) is 74.7 Å². The molecule has 1 heterocycles. The highest BCUT2D eigenvalue weighted by Crippen LogP contribution is 2.43. The van der Waals surface area contributed by atoms with Crippen LogP contribution in [-0.2, 0) is 16.1 Å². The van der Waals surface area contributed by atoms with E-state index >= 15 is 0 Å². The molecule has 0 saturated carbocycles. The van der Waals surface area contributed by atoms with Crippen molar-refractivity contribution in [1.82, 2.24) is 4.90 Å². The molecule has 4 rings (SSSR count). The number of Topliss-reactive ketones (excluding diaryl/α,β-unsaturated/α-hetero) is 1. The molecule has 198 valence electrons. The molecule has 1 fully saturated rings. The zero-order chi connectivity index (χ0) is 27.6. The zero-order valence-corrected chi connectivity index (χ0v) is 22.5. The van der Waals surface area contributed by atoms with Gasteiger partial charge in [-0.1, -0.05) is 41.4 Å². The predicted octanol–water partition coefficient (Wildman–Crippen LogP) is 6.08. The van der Waals surface area contributed by atoms with E-state index in [0.29, 0.717) is 29.5 Å². The molecule has 7 nitrogen and oxygen atoms in total. The van der Waals surface area contributed by atoms with Gasteiger partial charge in [-0.2, -0.15) is 0 Å². The molecular formula is C30H30ClNO6. The van der Waals surface area contributed by atoms with Gasteiger partial charge in [-0.15, -0.1) is 0 Å². The minimum absolute atomic E-state index is 0.0684. The first-order valence-electron chi connectivity index (χ1n) is 12.4. The van der Waals surface area contributed by atoms with Crippen molar-refractivity contribution in [2.75, 3.05) is 13.2 Å². The molecule has 0 radical (unpaired) electrons. The van der Waals surface area contributed by atoms with Gasteiger partial charge in [0.2, 0.25) is 0 Å². The van der Waals surface area contributed by atoms with Crippen molar-refractivity contribution in [3.8, 4) is 17.2 Å². The average molecular weight is 536 g/mol. The molecule has 3 aromatic rings. The fourth-order valence-electron chi connectivity index (χ4n) is 4.59. The van der Waals surface area contributed by atoms with Gasteiger partial charge in [-0.3, -0.25) is 9.59 Å². The Labute approximate surface area is 226 Å². The molecule has 1 atom stereocenters. The lowest BCUT2D eigenvalue weighted by molar-refractivity contribution is -0.140. The number of ether oxygens (including phenoxy) is 2. The standard InChI is InChI=1S/C30H30ClNO6/c1-5-37-24-15-20(9-11-22(24)31)28(34)26-27(19-10-12-23(33)25(14-19)38-6-2)32(30(36)29(26)35)16-21-13-17(3)7-8-18(21)4/h7-15,27,33-34H,5-6,16H2,1-4H3/b28-26-. The topological polar surface area (TPSA) is 96.3 Å². The lowest BCUT2D eigenvalue weighted by Gasteiger charge is -2.26. The second kappa shape index (κ2) is 11.2. The van der Waals surface area contributed by atoms with Gasteiger partial charge in [0.05, 0.1) is 29.9 Å². The Morgan fingerprint density at radius 3 is 2.37 bits per heavy atom. The molecule has 3 aromatic carbocycles. The molecule has 1 amide bonds. The molecule has 38 heavy (non-hydrogen) atoms. The molecule has 0 spiro atoms. The number of carbonyl (C=O) groups is 2. The summed E-state index contributed by atoms with van der Waals surface area (Å²) in [4.78, 5) is 28.3. The maximum atomic E-state index is 13.5. The smallest absolute Gasteiger partial charge is 0.295 e. The first kappa shape index (κ1) is 27.1. The van der Waals surface area contributed by atoms with Crippen LogP contribution in [0.3, 0.4) is 0 Å². The van der Waals surface area contributed by atoms with Crippen molar-refractivity contribution in [2.45, 2.75) is 40.3 Å². The number of phenols is 1.